The molecule has 1 amide bonds. The van der Waals surface area contributed by atoms with Gasteiger partial charge < -0.3 is 9.73 Å². The van der Waals surface area contributed by atoms with Crippen LogP contribution in [-0.4, -0.2) is 15.5 Å². The summed E-state index contributed by atoms with van der Waals surface area (Å²) < 4.78 is 6.45. The van der Waals surface area contributed by atoms with E-state index in [0.717, 1.165) is 16.3 Å². The van der Waals surface area contributed by atoms with E-state index in [-0.39, 0.29) is 12.5 Å². The highest BCUT2D eigenvalue weighted by molar-refractivity contribution is 7.09. The molecular formula is C19H15N3O3S. The molecule has 0 radical (unpaired) electrons. The quantitative estimate of drug-likeness (QED) is 0.599. The number of rotatable bonds is 4. The highest BCUT2D eigenvalue weighted by Crippen LogP contribution is 2.23. The molecule has 0 atom stereocenters. The first-order chi connectivity index (χ1) is 12.6. The van der Waals surface area contributed by atoms with Crippen molar-refractivity contribution in [3.05, 3.63) is 69.5 Å². The lowest BCUT2D eigenvalue weighted by Crippen LogP contribution is -2.24. The smallest absolute Gasteiger partial charge is 0.408 e. The summed E-state index contributed by atoms with van der Waals surface area (Å²) in [6, 6.07) is 14.5. The van der Waals surface area contributed by atoms with Gasteiger partial charge in [-0.1, -0.05) is 24.3 Å². The highest BCUT2D eigenvalue weighted by Gasteiger charge is 2.12. The van der Waals surface area contributed by atoms with E-state index in [2.05, 4.69) is 10.3 Å². The van der Waals surface area contributed by atoms with Crippen molar-refractivity contribution in [1.82, 2.24) is 9.55 Å². The Labute approximate surface area is 152 Å². The Kier molecular flexibility index (Phi) is 4.14. The minimum Gasteiger partial charge on any atom is -0.408 e. The first kappa shape index (κ1) is 16.3. The number of hydrogen-bond donors (Lipinski definition) is 1. The average molecular weight is 365 g/mol. The van der Waals surface area contributed by atoms with E-state index in [1.807, 2.05) is 36.6 Å². The van der Waals surface area contributed by atoms with Crippen molar-refractivity contribution in [2.24, 2.45) is 0 Å². The van der Waals surface area contributed by atoms with Crippen LogP contribution in [0.25, 0.3) is 22.4 Å². The molecule has 0 aliphatic heterocycles. The lowest BCUT2D eigenvalue weighted by molar-refractivity contribution is -0.116. The zero-order chi connectivity index (χ0) is 18.1. The summed E-state index contributed by atoms with van der Waals surface area (Å²) in [5.74, 6) is -0.841. The van der Waals surface area contributed by atoms with E-state index in [9.17, 15) is 9.59 Å². The van der Waals surface area contributed by atoms with Crippen molar-refractivity contribution < 1.29 is 9.21 Å². The normalized spacial score (nSPS) is 11.0. The zero-order valence-corrected chi connectivity index (χ0v) is 14.7. The van der Waals surface area contributed by atoms with Crippen molar-refractivity contribution in [3.8, 4) is 11.3 Å². The van der Waals surface area contributed by atoms with Crippen LogP contribution in [0.1, 0.15) is 5.01 Å². The number of para-hydroxylation sites is 2. The van der Waals surface area contributed by atoms with Gasteiger partial charge in [-0.3, -0.25) is 9.36 Å². The van der Waals surface area contributed by atoms with Gasteiger partial charge >= 0.3 is 5.76 Å². The Balaban J connectivity index is 1.49. The maximum Gasteiger partial charge on any atom is 0.420 e. The lowest BCUT2D eigenvalue weighted by Gasteiger charge is -2.06. The first-order valence-corrected chi connectivity index (χ1v) is 8.89. The summed E-state index contributed by atoms with van der Waals surface area (Å²) >= 11 is 1.60. The van der Waals surface area contributed by atoms with Crippen LogP contribution in [-0.2, 0) is 11.3 Å². The van der Waals surface area contributed by atoms with E-state index in [1.54, 1.807) is 35.6 Å². The molecule has 0 bridgehead atoms. The number of fused-ring (bicyclic) bond motifs is 1. The van der Waals surface area contributed by atoms with Gasteiger partial charge in [0.2, 0.25) is 5.91 Å². The number of nitrogens with one attached hydrogen (secondary N) is 1. The van der Waals surface area contributed by atoms with Gasteiger partial charge in [-0.05, 0) is 31.2 Å². The summed E-state index contributed by atoms with van der Waals surface area (Å²) in [4.78, 5) is 28.7. The number of aryl methyl sites for hydroxylation is 1. The van der Waals surface area contributed by atoms with Gasteiger partial charge in [-0.15, -0.1) is 11.3 Å². The Hall–Kier alpha value is -3.19. The molecule has 0 aliphatic carbocycles. The molecule has 1 N–H and O–H groups in total. The van der Waals surface area contributed by atoms with E-state index in [1.165, 1.54) is 4.57 Å². The second kappa shape index (κ2) is 6.61. The van der Waals surface area contributed by atoms with Gasteiger partial charge in [0, 0.05) is 16.6 Å². The van der Waals surface area contributed by atoms with Gasteiger partial charge in [-0.25, -0.2) is 9.78 Å². The van der Waals surface area contributed by atoms with E-state index in [4.69, 9.17) is 4.42 Å². The molecule has 0 saturated carbocycles. The summed E-state index contributed by atoms with van der Waals surface area (Å²) in [7, 11) is 0. The summed E-state index contributed by atoms with van der Waals surface area (Å²) in [6.45, 7) is 1.85. The standard InChI is InChI=1S/C19H15N3O3S/c1-12-20-15(11-26-12)13-6-8-14(9-7-13)21-18(23)10-22-16-4-2-3-5-17(16)25-19(22)24/h2-9,11H,10H2,1H3,(H,21,23). The van der Waals surface area contributed by atoms with E-state index in [0.29, 0.717) is 16.8 Å². The molecule has 7 heteroatoms. The van der Waals surface area contributed by atoms with Crippen LogP contribution < -0.4 is 11.1 Å². The number of carbonyl (C=O) groups is 1. The van der Waals surface area contributed by atoms with Crippen LogP contribution in [0.3, 0.4) is 0 Å². The van der Waals surface area contributed by atoms with Crippen LogP contribution in [0, 0.1) is 6.92 Å². The van der Waals surface area contributed by atoms with Crippen molar-refractivity contribution >= 4 is 34.0 Å². The van der Waals surface area contributed by atoms with Crippen molar-refractivity contribution in [3.63, 3.8) is 0 Å². The topological polar surface area (TPSA) is 77.1 Å². The third-order valence-electron chi connectivity index (χ3n) is 3.96. The fraction of sp³-hybridized carbons (Fsp3) is 0.105. The fourth-order valence-corrected chi connectivity index (χ4v) is 3.35. The average Bonchev–Trinajstić information content (AvgIpc) is 3.19. The number of nitrogens with zero attached hydrogens (tertiary/aromatic N) is 2. The van der Waals surface area contributed by atoms with Crippen LogP contribution in [0.4, 0.5) is 5.69 Å². The predicted octanol–water partition coefficient (Wildman–Crippen LogP) is 3.67. The summed E-state index contributed by atoms with van der Waals surface area (Å²) in [5.41, 5.74) is 3.63. The molecule has 4 rings (SSSR count). The maximum atomic E-state index is 12.3. The van der Waals surface area contributed by atoms with Gasteiger partial charge in [0.25, 0.3) is 0 Å². The molecule has 130 valence electrons. The first-order valence-electron chi connectivity index (χ1n) is 8.01. The van der Waals surface area contributed by atoms with E-state index >= 15 is 0 Å². The molecule has 6 nitrogen and oxygen atoms in total. The molecule has 4 aromatic rings. The predicted molar refractivity (Wildman–Crippen MR) is 101 cm³/mol. The number of amides is 1. The number of aromatic nitrogens is 2. The Morgan fingerprint density at radius 1 is 1.19 bits per heavy atom. The summed E-state index contributed by atoms with van der Waals surface area (Å²) in [6.07, 6.45) is 0. The SMILES string of the molecule is Cc1nc(-c2ccc(NC(=O)Cn3c(=O)oc4ccccc43)cc2)cs1. The lowest BCUT2D eigenvalue weighted by atomic mass is 10.1. The largest absolute Gasteiger partial charge is 0.420 e. The zero-order valence-electron chi connectivity index (χ0n) is 13.9. The number of anilines is 1. The molecule has 2 aromatic carbocycles. The summed E-state index contributed by atoms with van der Waals surface area (Å²) in [5, 5.41) is 5.81. The van der Waals surface area contributed by atoms with Crippen molar-refractivity contribution in [2.75, 3.05) is 5.32 Å². The van der Waals surface area contributed by atoms with Gasteiger partial charge in [0.05, 0.1) is 16.2 Å². The molecule has 2 aromatic heterocycles. The fourth-order valence-electron chi connectivity index (χ4n) is 2.73. The Morgan fingerprint density at radius 2 is 1.96 bits per heavy atom. The van der Waals surface area contributed by atoms with Crippen LogP contribution in [0.2, 0.25) is 0 Å². The number of thiazole rings is 1. The second-order valence-corrected chi connectivity index (χ2v) is 6.86. The molecule has 0 aliphatic rings. The minimum atomic E-state index is -0.546. The van der Waals surface area contributed by atoms with Crippen LogP contribution in [0.15, 0.2) is 63.1 Å². The van der Waals surface area contributed by atoms with Crippen LogP contribution >= 0.6 is 11.3 Å². The monoisotopic (exact) mass is 365 g/mol. The molecule has 0 unspecified atom stereocenters. The van der Waals surface area contributed by atoms with Gasteiger partial charge in [0.1, 0.15) is 6.54 Å². The molecule has 0 fully saturated rings. The molecule has 0 saturated heterocycles. The number of hydrogen-bond acceptors (Lipinski definition) is 5. The molecule has 0 spiro atoms. The number of benzene rings is 2. The van der Waals surface area contributed by atoms with Crippen LogP contribution in [0.5, 0.6) is 0 Å². The Morgan fingerprint density at radius 3 is 2.69 bits per heavy atom. The minimum absolute atomic E-state index is 0.108. The Bertz CT molecular complexity index is 1140. The van der Waals surface area contributed by atoms with Gasteiger partial charge in [0.15, 0.2) is 5.58 Å². The van der Waals surface area contributed by atoms with E-state index < -0.39 is 5.76 Å². The third kappa shape index (κ3) is 3.16. The third-order valence-corrected chi connectivity index (χ3v) is 4.73. The molecule has 26 heavy (non-hydrogen) atoms. The van der Waals surface area contributed by atoms with Gasteiger partial charge in [-0.2, -0.15) is 0 Å². The maximum absolute atomic E-state index is 12.3. The second-order valence-electron chi connectivity index (χ2n) is 5.80. The number of carbonyl (C=O) groups excluding carboxylic acids is 1. The molecule has 2 heterocycles. The van der Waals surface area contributed by atoms with Crippen molar-refractivity contribution in [2.45, 2.75) is 13.5 Å². The molecular weight excluding hydrogens is 350 g/mol. The highest BCUT2D eigenvalue weighted by atomic mass is 32.1. The van der Waals surface area contributed by atoms with Crippen molar-refractivity contribution in [1.29, 1.82) is 0 Å². The number of oxazole rings is 1.